The number of rotatable bonds is 7. The second-order valence-electron chi connectivity index (χ2n) is 5.71. The fourth-order valence-electron chi connectivity index (χ4n) is 2.76. The molecule has 2 aliphatic carbocycles. The molecule has 0 aromatic rings. The molecule has 2 rings (SSSR count). The van der Waals surface area contributed by atoms with Gasteiger partial charge in [0.25, 0.3) is 0 Å². The van der Waals surface area contributed by atoms with Crippen LogP contribution in [-0.4, -0.2) is 36.1 Å². The minimum Gasteiger partial charge on any atom is -0.481 e. The molecular formula is C14H24N2O3. The van der Waals surface area contributed by atoms with Crippen molar-refractivity contribution >= 4 is 11.9 Å². The van der Waals surface area contributed by atoms with Crippen molar-refractivity contribution in [3.8, 4) is 0 Å². The molecule has 2 unspecified atom stereocenters. The summed E-state index contributed by atoms with van der Waals surface area (Å²) in [5.41, 5.74) is 0. The van der Waals surface area contributed by atoms with Crippen LogP contribution in [0.5, 0.6) is 0 Å². The van der Waals surface area contributed by atoms with Crippen LogP contribution in [0.25, 0.3) is 0 Å². The van der Waals surface area contributed by atoms with Gasteiger partial charge in [-0.25, -0.2) is 0 Å². The van der Waals surface area contributed by atoms with E-state index >= 15 is 0 Å². The fourth-order valence-corrected chi connectivity index (χ4v) is 2.76. The molecule has 0 radical (unpaired) electrons. The van der Waals surface area contributed by atoms with E-state index in [-0.39, 0.29) is 11.8 Å². The van der Waals surface area contributed by atoms with Gasteiger partial charge in [-0.2, -0.15) is 0 Å². The number of carbonyl (C=O) groups is 2. The normalized spacial score (nSPS) is 26.9. The number of carboxylic acids is 1. The molecule has 2 fully saturated rings. The average Bonchev–Trinajstić information content (AvgIpc) is 3.22. The van der Waals surface area contributed by atoms with E-state index < -0.39 is 11.9 Å². The van der Waals surface area contributed by atoms with Gasteiger partial charge in [0, 0.05) is 12.6 Å². The summed E-state index contributed by atoms with van der Waals surface area (Å²) >= 11 is 0. The molecule has 0 spiro atoms. The summed E-state index contributed by atoms with van der Waals surface area (Å²) in [5, 5.41) is 15.4. The van der Waals surface area contributed by atoms with Crippen LogP contribution >= 0.6 is 0 Å². The smallest absolute Gasteiger partial charge is 0.307 e. The van der Waals surface area contributed by atoms with E-state index in [2.05, 4.69) is 10.6 Å². The van der Waals surface area contributed by atoms with Crippen molar-refractivity contribution in [2.45, 2.75) is 51.0 Å². The molecule has 19 heavy (non-hydrogen) atoms. The molecule has 5 heteroatoms. The van der Waals surface area contributed by atoms with Crippen LogP contribution in [0.4, 0.5) is 0 Å². The van der Waals surface area contributed by atoms with Gasteiger partial charge in [0.05, 0.1) is 11.8 Å². The Morgan fingerprint density at radius 1 is 1.00 bits per heavy atom. The van der Waals surface area contributed by atoms with Crippen LogP contribution in [-0.2, 0) is 9.59 Å². The minimum absolute atomic E-state index is 0.0708. The number of amides is 1. The largest absolute Gasteiger partial charge is 0.481 e. The second-order valence-corrected chi connectivity index (χ2v) is 5.71. The van der Waals surface area contributed by atoms with E-state index in [1.165, 1.54) is 12.8 Å². The Kier molecular flexibility index (Phi) is 5.19. The molecule has 0 saturated heterocycles. The Morgan fingerprint density at radius 3 is 2.32 bits per heavy atom. The van der Waals surface area contributed by atoms with Crippen LogP contribution in [0.15, 0.2) is 0 Å². The summed E-state index contributed by atoms with van der Waals surface area (Å²) < 4.78 is 0. The number of carboxylic acid groups (broad SMARTS) is 1. The van der Waals surface area contributed by atoms with Gasteiger partial charge in [-0.05, 0) is 38.6 Å². The van der Waals surface area contributed by atoms with Crippen LogP contribution in [0.1, 0.15) is 44.9 Å². The van der Waals surface area contributed by atoms with Crippen LogP contribution < -0.4 is 10.6 Å². The lowest BCUT2D eigenvalue weighted by molar-refractivity contribution is -0.148. The topological polar surface area (TPSA) is 78.4 Å². The Bertz CT molecular complexity index is 329. The maximum atomic E-state index is 12.0. The number of hydrogen-bond acceptors (Lipinski definition) is 3. The third-order valence-corrected chi connectivity index (χ3v) is 4.08. The predicted octanol–water partition coefficient (Wildman–Crippen LogP) is 1.14. The number of aliphatic carboxylic acids is 1. The maximum Gasteiger partial charge on any atom is 0.307 e. The Morgan fingerprint density at radius 2 is 1.68 bits per heavy atom. The zero-order chi connectivity index (χ0) is 13.7. The molecular weight excluding hydrogens is 244 g/mol. The maximum absolute atomic E-state index is 12.0. The lowest BCUT2D eigenvalue weighted by atomic mass is 9.79. The number of nitrogens with one attached hydrogen (secondary N) is 2. The molecule has 0 aliphatic heterocycles. The molecule has 108 valence electrons. The highest BCUT2D eigenvalue weighted by molar-refractivity contribution is 5.84. The summed E-state index contributed by atoms with van der Waals surface area (Å²) in [5.74, 6) is -1.71. The highest BCUT2D eigenvalue weighted by Crippen LogP contribution is 2.30. The van der Waals surface area contributed by atoms with Crippen molar-refractivity contribution in [3.63, 3.8) is 0 Å². The van der Waals surface area contributed by atoms with E-state index in [0.29, 0.717) is 25.4 Å². The molecule has 5 nitrogen and oxygen atoms in total. The van der Waals surface area contributed by atoms with Crippen molar-refractivity contribution in [2.24, 2.45) is 11.8 Å². The molecule has 2 aliphatic rings. The van der Waals surface area contributed by atoms with Crippen molar-refractivity contribution in [1.29, 1.82) is 0 Å². The van der Waals surface area contributed by atoms with Gasteiger partial charge in [0.15, 0.2) is 0 Å². The molecule has 0 aromatic heterocycles. The first-order valence-electron chi connectivity index (χ1n) is 7.42. The molecule has 2 saturated carbocycles. The van der Waals surface area contributed by atoms with Gasteiger partial charge in [0.1, 0.15) is 0 Å². The van der Waals surface area contributed by atoms with Crippen LogP contribution in [0.2, 0.25) is 0 Å². The molecule has 0 bridgehead atoms. The summed E-state index contributed by atoms with van der Waals surface area (Å²) in [6.45, 7) is 1.57. The number of carbonyl (C=O) groups excluding carboxylic acids is 1. The van der Waals surface area contributed by atoms with Gasteiger partial charge in [-0.1, -0.05) is 12.8 Å². The Labute approximate surface area is 114 Å². The van der Waals surface area contributed by atoms with Gasteiger partial charge >= 0.3 is 5.97 Å². The predicted molar refractivity (Wildman–Crippen MR) is 71.7 cm³/mol. The number of hydrogen-bond donors (Lipinski definition) is 3. The fraction of sp³-hybridized carbons (Fsp3) is 0.857. The molecule has 0 aromatic carbocycles. The first kappa shape index (κ1) is 14.3. The molecule has 0 heterocycles. The second kappa shape index (κ2) is 6.89. The minimum atomic E-state index is -0.824. The summed E-state index contributed by atoms with van der Waals surface area (Å²) in [6.07, 6.45) is 6.69. The molecule has 2 atom stereocenters. The summed E-state index contributed by atoms with van der Waals surface area (Å²) in [7, 11) is 0. The van der Waals surface area contributed by atoms with E-state index in [0.717, 1.165) is 25.8 Å². The highest BCUT2D eigenvalue weighted by Gasteiger charge is 2.35. The van der Waals surface area contributed by atoms with Gasteiger partial charge in [-0.3, -0.25) is 9.59 Å². The average molecular weight is 268 g/mol. The lowest BCUT2D eigenvalue weighted by Gasteiger charge is -2.27. The van der Waals surface area contributed by atoms with Crippen molar-refractivity contribution in [3.05, 3.63) is 0 Å². The van der Waals surface area contributed by atoms with Crippen LogP contribution in [0.3, 0.4) is 0 Å². The van der Waals surface area contributed by atoms with E-state index in [1.807, 2.05) is 0 Å². The Hall–Kier alpha value is -1.10. The highest BCUT2D eigenvalue weighted by atomic mass is 16.4. The first-order chi connectivity index (χ1) is 9.18. The Balaban J connectivity index is 1.66. The van der Waals surface area contributed by atoms with E-state index in [1.54, 1.807) is 0 Å². The van der Waals surface area contributed by atoms with Gasteiger partial charge < -0.3 is 15.7 Å². The van der Waals surface area contributed by atoms with Crippen molar-refractivity contribution in [1.82, 2.24) is 10.6 Å². The zero-order valence-corrected chi connectivity index (χ0v) is 11.4. The van der Waals surface area contributed by atoms with Gasteiger partial charge in [0.2, 0.25) is 5.91 Å². The standard InChI is InChI=1S/C14H24N2O3/c17-13(16-9-3-8-15-10-6-7-10)11-4-1-2-5-12(11)14(18)19/h10-12,15H,1-9H2,(H,16,17)(H,18,19). The van der Waals surface area contributed by atoms with Crippen LogP contribution in [0, 0.1) is 11.8 Å². The summed E-state index contributed by atoms with van der Waals surface area (Å²) in [4.78, 5) is 23.2. The van der Waals surface area contributed by atoms with E-state index in [4.69, 9.17) is 5.11 Å². The summed E-state index contributed by atoms with van der Waals surface area (Å²) in [6, 6.07) is 0.699. The molecule has 3 N–H and O–H groups in total. The third kappa shape index (κ3) is 4.49. The monoisotopic (exact) mass is 268 g/mol. The zero-order valence-electron chi connectivity index (χ0n) is 11.4. The third-order valence-electron chi connectivity index (χ3n) is 4.08. The lowest BCUT2D eigenvalue weighted by Crippen LogP contribution is -2.40. The van der Waals surface area contributed by atoms with Crippen molar-refractivity contribution < 1.29 is 14.7 Å². The van der Waals surface area contributed by atoms with Gasteiger partial charge in [-0.15, -0.1) is 0 Å². The molecule has 1 amide bonds. The van der Waals surface area contributed by atoms with E-state index in [9.17, 15) is 9.59 Å². The first-order valence-corrected chi connectivity index (χ1v) is 7.42. The quantitative estimate of drug-likeness (QED) is 0.605. The van der Waals surface area contributed by atoms with Crippen molar-refractivity contribution in [2.75, 3.05) is 13.1 Å². The SMILES string of the molecule is O=C(O)C1CCCCC1C(=O)NCCCNC1CC1.